The minimum atomic E-state index is -0.270. The Balaban J connectivity index is 2.15. The summed E-state index contributed by atoms with van der Waals surface area (Å²) in [5, 5.41) is 2.87. The number of hydrogen-bond acceptors (Lipinski definition) is 3. The van der Waals surface area contributed by atoms with Crippen molar-refractivity contribution in [3.05, 3.63) is 35.4 Å². The smallest absolute Gasteiger partial charge is 0.237 e. The van der Waals surface area contributed by atoms with Crippen molar-refractivity contribution in [1.29, 1.82) is 0 Å². The van der Waals surface area contributed by atoms with Gasteiger partial charge in [-0.3, -0.25) is 14.5 Å². The van der Waals surface area contributed by atoms with Crippen LogP contribution in [0.5, 0.6) is 0 Å². The van der Waals surface area contributed by atoms with Crippen LogP contribution in [0.3, 0.4) is 0 Å². The van der Waals surface area contributed by atoms with E-state index in [1.165, 1.54) is 5.56 Å². The number of nitrogens with zero attached hydrogens (tertiary/aromatic N) is 1. The summed E-state index contributed by atoms with van der Waals surface area (Å²) in [5.41, 5.74) is 1.95. The van der Waals surface area contributed by atoms with E-state index in [9.17, 15) is 9.59 Å². The third-order valence-electron chi connectivity index (χ3n) is 4.28. The number of carbonyl (C=O) groups is 2. The molecule has 4 nitrogen and oxygen atoms in total. The number of hydrogen-bond donors (Lipinski definition) is 1. The molecule has 1 N–H and O–H groups in total. The van der Waals surface area contributed by atoms with Crippen molar-refractivity contribution >= 4 is 11.7 Å². The molecule has 114 valence electrons. The molecule has 0 spiro atoms. The summed E-state index contributed by atoms with van der Waals surface area (Å²) < 4.78 is 0. The van der Waals surface area contributed by atoms with Crippen LogP contribution in [-0.4, -0.2) is 41.8 Å². The van der Waals surface area contributed by atoms with Crippen LogP contribution in [0.4, 0.5) is 0 Å². The molecule has 0 saturated carbocycles. The number of amides is 1. The maximum atomic E-state index is 12.6. The van der Waals surface area contributed by atoms with E-state index >= 15 is 0 Å². The Morgan fingerprint density at radius 2 is 2.00 bits per heavy atom. The quantitative estimate of drug-likeness (QED) is 0.843. The van der Waals surface area contributed by atoms with Crippen molar-refractivity contribution in [3.63, 3.8) is 0 Å². The lowest BCUT2D eigenvalue weighted by Crippen LogP contribution is -2.59. The molecule has 0 bridgehead atoms. The number of carbonyl (C=O) groups excluding carboxylic acids is 2. The minimum absolute atomic E-state index is 0.0322. The van der Waals surface area contributed by atoms with Gasteiger partial charge >= 0.3 is 0 Å². The predicted molar refractivity (Wildman–Crippen MR) is 83.4 cm³/mol. The lowest BCUT2D eigenvalue weighted by Gasteiger charge is -2.38. The van der Waals surface area contributed by atoms with Gasteiger partial charge in [-0.25, -0.2) is 0 Å². The van der Waals surface area contributed by atoms with Gasteiger partial charge in [0.1, 0.15) is 0 Å². The number of piperazine rings is 1. The van der Waals surface area contributed by atoms with E-state index in [1.807, 2.05) is 43.0 Å². The fourth-order valence-corrected chi connectivity index (χ4v) is 2.91. The van der Waals surface area contributed by atoms with Gasteiger partial charge in [0.15, 0.2) is 5.78 Å². The second kappa shape index (κ2) is 6.85. The molecule has 0 radical (unpaired) electrons. The molecule has 0 aliphatic carbocycles. The van der Waals surface area contributed by atoms with Crippen LogP contribution in [0.15, 0.2) is 24.3 Å². The monoisotopic (exact) mass is 288 g/mol. The average Bonchev–Trinajstić information content (AvgIpc) is 2.53. The van der Waals surface area contributed by atoms with Crippen molar-refractivity contribution in [2.24, 2.45) is 0 Å². The first-order valence-corrected chi connectivity index (χ1v) is 7.75. The maximum Gasteiger partial charge on any atom is 0.237 e. The summed E-state index contributed by atoms with van der Waals surface area (Å²) >= 11 is 0. The lowest BCUT2D eigenvalue weighted by atomic mass is 9.99. The fourth-order valence-electron chi connectivity index (χ4n) is 2.91. The molecular formula is C17H24N2O2. The highest BCUT2D eigenvalue weighted by atomic mass is 16.2. The van der Waals surface area contributed by atoms with Crippen LogP contribution >= 0.6 is 0 Å². The highest BCUT2D eigenvalue weighted by molar-refractivity contribution is 6.00. The van der Waals surface area contributed by atoms with Gasteiger partial charge in [-0.15, -0.1) is 0 Å². The highest BCUT2D eigenvalue weighted by Crippen LogP contribution is 2.17. The summed E-state index contributed by atoms with van der Waals surface area (Å²) in [4.78, 5) is 26.6. The van der Waals surface area contributed by atoms with E-state index in [1.54, 1.807) is 0 Å². The molecule has 4 heteroatoms. The molecule has 2 unspecified atom stereocenters. The Bertz CT molecular complexity index is 510. The third-order valence-corrected chi connectivity index (χ3v) is 4.28. The third kappa shape index (κ3) is 3.32. The SMILES string of the molecule is CCc1ccc(C(=O)C(C)N2CCNC(=O)C2CC)cc1. The number of rotatable bonds is 5. The molecule has 2 rings (SSSR count). The van der Waals surface area contributed by atoms with E-state index in [4.69, 9.17) is 0 Å². The van der Waals surface area contributed by atoms with Crippen LogP contribution < -0.4 is 5.32 Å². The molecule has 1 saturated heterocycles. The molecule has 0 aromatic heterocycles. The Hall–Kier alpha value is -1.68. The van der Waals surface area contributed by atoms with Crippen molar-refractivity contribution in [2.45, 2.75) is 45.7 Å². The van der Waals surface area contributed by atoms with Crippen LogP contribution in [0.2, 0.25) is 0 Å². The Morgan fingerprint density at radius 3 is 2.57 bits per heavy atom. The van der Waals surface area contributed by atoms with Gasteiger partial charge < -0.3 is 5.32 Å². The van der Waals surface area contributed by atoms with Gasteiger partial charge in [0.2, 0.25) is 5.91 Å². The normalized spacial score (nSPS) is 20.9. The number of Topliss-reactive ketones (excluding diaryl/α,β-unsaturated/α-hetero) is 1. The Morgan fingerprint density at radius 1 is 1.33 bits per heavy atom. The number of aryl methyl sites for hydroxylation is 1. The lowest BCUT2D eigenvalue weighted by molar-refractivity contribution is -0.129. The van der Waals surface area contributed by atoms with E-state index in [2.05, 4.69) is 12.2 Å². The van der Waals surface area contributed by atoms with E-state index < -0.39 is 0 Å². The zero-order valence-corrected chi connectivity index (χ0v) is 13.1. The zero-order valence-electron chi connectivity index (χ0n) is 13.1. The van der Waals surface area contributed by atoms with Gasteiger partial charge in [0.25, 0.3) is 0 Å². The van der Waals surface area contributed by atoms with Crippen molar-refractivity contribution in [1.82, 2.24) is 10.2 Å². The molecule has 1 aromatic rings. The molecule has 1 amide bonds. The minimum Gasteiger partial charge on any atom is -0.353 e. The van der Waals surface area contributed by atoms with Crippen molar-refractivity contribution < 1.29 is 9.59 Å². The topological polar surface area (TPSA) is 49.4 Å². The second-order valence-corrected chi connectivity index (χ2v) is 5.54. The van der Waals surface area contributed by atoms with Gasteiger partial charge in [0, 0.05) is 18.7 Å². The largest absolute Gasteiger partial charge is 0.353 e. The molecule has 1 aliphatic rings. The fraction of sp³-hybridized carbons (Fsp3) is 0.529. The molecule has 1 fully saturated rings. The first-order chi connectivity index (χ1) is 10.1. The van der Waals surface area contributed by atoms with Gasteiger partial charge in [-0.2, -0.15) is 0 Å². The highest BCUT2D eigenvalue weighted by Gasteiger charge is 2.34. The molecule has 1 heterocycles. The summed E-state index contributed by atoms with van der Waals surface area (Å²) in [6.45, 7) is 7.32. The first kappa shape index (κ1) is 15.7. The molecule has 1 aromatic carbocycles. The Kier molecular flexibility index (Phi) is 5.12. The summed E-state index contributed by atoms with van der Waals surface area (Å²) in [5.74, 6) is 0.121. The summed E-state index contributed by atoms with van der Waals surface area (Å²) in [6, 6.07) is 7.31. The predicted octanol–water partition coefficient (Wildman–Crippen LogP) is 2.03. The van der Waals surface area contributed by atoms with Gasteiger partial charge in [-0.1, -0.05) is 38.1 Å². The van der Waals surface area contributed by atoms with E-state index in [-0.39, 0.29) is 23.8 Å². The van der Waals surface area contributed by atoms with Gasteiger partial charge in [-0.05, 0) is 25.3 Å². The molecular weight excluding hydrogens is 264 g/mol. The van der Waals surface area contributed by atoms with Crippen LogP contribution in [0.25, 0.3) is 0 Å². The number of nitrogens with one attached hydrogen (secondary N) is 1. The molecule has 21 heavy (non-hydrogen) atoms. The zero-order chi connectivity index (χ0) is 15.4. The standard InChI is InChI=1S/C17H24N2O2/c1-4-13-6-8-14(9-7-13)16(20)12(3)19-11-10-18-17(21)15(19)5-2/h6-9,12,15H,4-5,10-11H2,1-3H3,(H,18,21). The van der Waals surface area contributed by atoms with E-state index in [0.717, 1.165) is 24.9 Å². The maximum absolute atomic E-state index is 12.6. The van der Waals surface area contributed by atoms with Crippen LogP contribution in [0, 0.1) is 0 Å². The summed E-state index contributed by atoms with van der Waals surface area (Å²) in [6.07, 6.45) is 1.69. The molecule has 2 atom stereocenters. The van der Waals surface area contributed by atoms with Crippen LogP contribution in [-0.2, 0) is 11.2 Å². The van der Waals surface area contributed by atoms with Crippen molar-refractivity contribution in [2.75, 3.05) is 13.1 Å². The average molecular weight is 288 g/mol. The van der Waals surface area contributed by atoms with Gasteiger partial charge in [0.05, 0.1) is 12.1 Å². The van der Waals surface area contributed by atoms with E-state index in [0.29, 0.717) is 6.54 Å². The van der Waals surface area contributed by atoms with Crippen molar-refractivity contribution in [3.8, 4) is 0 Å². The molecule has 1 aliphatic heterocycles. The first-order valence-electron chi connectivity index (χ1n) is 7.75. The number of benzene rings is 1. The number of ketones is 1. The Labute approximate surface area is 126 Å². The summed E-state index contributed by atoms with van der Waals surface area (Å²) in [7, 11) is 0. The second-order valence-electron chi connectivity index (χ2n) is 5.54. The van der Waals surface area contributed by atoms with Crippen LogP contribution in [0.1, 0.15) is 43.1 Å².